The first-order chi connectivity index (χ1) is 16.0. The third-order valence-corrected chi connectivity index (χ3v) is 6.62. The number of nitrogens with zero attached hydrogens (tertiary/aromatic N) is 1. The number of carbonyl (C=O) groups is 2. The van der Waals surface area contributed by atoms with E-state index in [2.05, 4.69) is 5.32 Å². The molecule has 2 amide bonds. The van der Waals surface area contributed by atoms with E-state index in [4.69, 9.17) is 18.9 Å². The molecule has 0 saturated heterocycles. The highest BCUT2D eigenvalue weighted by atomic mass is 32.1. The minimum absolute atomic E-state index is 0.166. The second-order valence-electron chi connectivity index (χ2n) is 7.57. The maximum atomic E-state index is 13.6. The van der Waals surface area contributed by atoms with Crippen LogP contribution >= 0.6 is 11.3 Å². The summed E-state index contributed by atoms with van der Waals surface area (Å²) in [6.45, 7) is 5.26. The van der Waals surface area contributed by atoms with Gasteiger partial charge in [0.05, 0.1) is 26.2 Å². The summed E-state index contributed by atoms with van der Waals surface area (Å²) in [5.41, 5.74) is 1.06. The third kappa shape index (κ3) is 5.31. The van der Waals surface area contributed by atoms with Crippen molar-refractivity contribution >= 4 is 23.2 Å². The summed E-state index contributed by atoms with van der Waals surface area (Å²) < 4.78 is 22.0. The molecule has 0 radical (unpaired) electrons. The van der Waals surface area contributed by atoms with Gasteiger partial charge in [-0.15, -0.1) is 11.3 Å². The van der Waals surface area contributed by atoms with E-state index < -0.39 is 12.0 Å². The molecule has 1 N–H and O–H groups in total. The fourth-order valence-corrected chi connectivity index (χ4v) is 5.06. The van der Waals surface area contributed by atoms with Crippen LogP contribution in [0.5, 0.6) is 11.5 Å². The van der Waals surface area contributed by atoms with Crippen molar-refractivity contribution in [3.63, 3.8) is 0 Å². The van der Waals surface area contributed by atoms with Gasteiger partial charge in [0.2, 0.25) is 5.91 Å². The van der Waals surface area contributed by atoms with Gasteiger partial charge in [-0.3, -0.25) is 9.59 Å². The zero-order valence-corrected chi connectivity index (χ0v) is 20.6. The molecule has 0 fully saturated rings. The molecule has 8 nitrogen and oxygen atoms in total. The molecular weight excluding hydrogens is 444 g/mol. The summed E-state index contributed by atoms with van der Waals surface area (Å²) in [4.78, 5) is 29.4. The van der Waals surface area contributed by atoms with Crippen molar-refractivity contribution in [1.29, 1.82) is 0 Å². The van der Waals surface area contributed by atoms with Crippen LogP contribution in [-0.2, 0) is 14.3 Å². The largest absolute Gasteiger partial charge is 0.493 e. The van der Waals surface area contributed by atoms with Crippen LogP contribution in [0.3, 0.4) is 0 Å². The average molecular weight is 477 g/mol. The van der Waals surface area contributed by atoms with Gasteiger partial charge in [0, 0.05) is 43.7 Å². The maximum Gasteiger partial charge on any atom is 0.254 e. The van der Waals surface area contributed by atoms with Crippen molar-refractivity contribution in [2.75, 3.05) is 41.0 Å². The fraction of sp³-hybridized carbons (Fsp3) is 0.500. The van der Waals surface area contributed by atoms with Crippen LogP contribution in [0, 0.1) is 0 Å². The highest BCUT2D eigenvalue weighted by Gasteiger charge is 2.44. The molecule has 33 heavy (non-hydrogen) atoms. The molecule has 0 unspecified atom stereocenters. The van der Waals surface area contributed by atoms with E-state index in [0.717, 1.165) is 4.88 Å². The number of nitrogens with one attached hydrogen (secondary N) is 1. The number of hydrogen-bond donors (Lipinski definition) is 1. The molecule has 0 saturated carbocycles. The number of thiophene rings is 1. The molecule has 1 aliphatic heterocycles. The van der Waals surface area contributed by atoms with Crippen molar-refractivity contribution in [2.24, 2.45) is 0 Å². The zero-order valence-electron chi connectivity index (χ0n) is 19.8. The lowest BCUT2D eigenvalue weighted by Gasteiger charge is -2.39. The first kappa shape index (κ1) is 25.0. The molecule has 2 heterocycles. The minimum Gasteiger partial charge on any atom is -0.493 e. The topological polar surface area (TPSA) is 86.3 Å². The third-order valence-electron chi connectivity index (χ3n) is 5.68. The summed E-state index contributed by atoms with van der Waals surface area (Å²) in [5, 5.41) is 4.98. The SMILES string of the molecule is CCOC(CCNC(=O)[C@H]1c2cc(OC)c(OC)cc2C(=O)N(C)[C@H]1c1cccs1)OCC. The van der Waals surface area contributed by atoms with Crippen molar-refractivity contribution in [1.82, 2.24) is 10.2 Å². The molecule has 1 aliphatic rings. The highest BCUT2D eigenvalue weighted by molar-refractivity contribution is 7.10. The first-order valence-electron chi connectivity index (χ1n) is 11.0. The van der Waals surface area contributed by atoms with Crippen LogP contribution in [0.4, 0.5) is 0 Å². The lowest BCUT2D eigenvalue weighted by Crippen LogP contribution is -2.45. The predicted octanol–water partition coefficient (Wildman–Crippen LogP) is 3.58. The second kappa shape index (κ2) is 11.5. The van der Waals surface area contributed by atoms with Gasteiger partial charge in [0.15, 0.2) is 17.8 Å². The standard InChI is InChI=1S/C24H32N2O6S/c1-6-31-20(32-7-2)10-11-25-23(27)21-15-13-17(29-4)18(30-5)14-16(15)24(28)26(3)22(21)19-9-8-12-33-19/h8-9,12-14,20-22H,6-7,10-11H2,1-5H3,(H,25,27)/t21-,22-/m0/s1. The lowest BCUT2D eigenvalue weighted by atomic mass is 9.81. The predicted molar refractivity (Wildman–Crippen MR) is 126 cm³/mol. The van der Waals surface area contributed by atoms with Crippen LogP contribution in [0.25, 0.3) is 0 Å². The first-order valence-corrected chi connectivity index (χ1v) is 11.9. The molecular formula is C24H32N2O6S. The average Bonchev–Trinajstić information content (AvgIpc) is 3.35. The Balaban J connectivity index is 1.95. The lowest BCUT2D eigenvalue weighted by molar-refractivity contribution is -0.140. The van der Waals surface area contributed by atoms with E-state index in [0.29, 0.717) is 48.8 Å². The summed E-state index contributed by atoms with van der Waals surface area (Å²) in [6, 6.07) is 6.83. The van der Waals surface area contributed by atoms with Gasteiger partial charge < -0.3 is 29.2 Å². The molecule has 1 aromatic heterocycles. The van der Waals surface area contributed by atoms with Gasteiger partial charge in [0.25, 0.3) is 5.91 Å². The Labute approximate surface area is 198 Å². The van der Waals surface area contributed by atoms with Crippen LogP contribution in [0.2, 0.25) is 0 Å². The van der Waals surface area contributed by atoms with E-state index in [1.54, 1.807) is 24.1 Å². The minimum atomic E-state index is -0.612. The normalized spacial score (nSPS) is 17.8. The van der Waals surface area contributed by atoms with Gasteiger partial charge in [-0.1, -0.05) is 6.07 Å². The summed E-state index contributed by atoms with van der Waals surface area (Å²) in [6.07, 6.45) is 0.151. The molecule has 0 aliphatic carbocycles. The number of fused-ring (bicyclic) bond motifs is 1. The Morgan fingerprint density at radius 2 is 1.82 bits per heavy atom. The Morgan fingerprint density at radius 1 is 1.15 bits per heavy atom. The molecule has 180 valence electrons. The number of ether oxygens (including phenoxy) is 4. The number of methoxy groups -OCH3 is 2. The highest BCUT2D eigenvalue weighted by Crippen LogP contribution is 2.46. The van der Waals surface area contributed by atoms with Gasteiger partial charge >= 0.3 is 0 Å². The number of benzene rings is 1. The number of carbonyl (C=O) groups excluding carboxylic acids is 2. The van der Waals surface area contributed by atoms with E-state index in [1.165, 1.54) is 25.6 Å². The monoisotopic (exact) mass is 476 g/mol. The Kier molecular flexibility index (Phi) is 8.71. The van der Waals surface area contributed by atoms with Gasteiger partial charge in [0.1, 0.15) is 0 Å². The van der Waals surface area contributed by atoms with Crippen LogP contribution in [-0.4, -0.2) is 64.0 Å². The molecule has 1 aromatic carbocycles. The van der Waals surface area contributed by atoms with Crippen molar-refractivity contribution in [3.05, 3.63) is 45.6 Å². The molecule has 0 spiro atoms. The van der Waals surface area contributed by atoms with Crippen LogP contribution in [0.15, 0.2) is 29.6 Å². The van der Waals surface area contributed by atoms with Crippen molar-refractivity contribution in [2.45, 2.75) is 38.5 Å². The maximum absolute atomic E-state index is 13.6. The second-order valence-corrected chi connectivity index (χ2v) is 8.55. The van der Waals surface area contributed by atoms with Crippen LogP contribution in [0.1, 0.15) is 53.0 Å². The Bertz CT molecular complexity index is 943. The Morgan fingerprint density at radius 3 is 2.39 bits per heavy atom. The molecule has 9 heteroatoms. The molecule has 3 rings (SSSR count). The van der Waals surface area contributed by atoms with Gasteiger partial charge in [-0.2, -0.15) is 0 Å². The van der Waals surface area contributed by atoms with E-state index in [9.17, 15) is 9.59 Å². The van der Waals surface area contributed by atoms with Crippen molar-refractivity contribution < 1.29 is 28.5 Å². The molecule has 2 aromatic rings. The number of rotatable bonds is 11. The van der Waals surface area contributed by atoms with Crippen LogP contribution < -0.4 is 14.8 Å². The summed E-state index contributed by atoms with van der Waals surface area (Å²) in [5.74, 6) is -0.0278. The Hall–Kier alpha value is -2.62. The quantitative estimate of drug-likeness (QED) is 0.499. The molecule has 0 bridgehead atoms. The number of likely N-dealkylation sites (N-methyl/N-ethyl adjacent to an activating group) is 1. The van der Waals surface area contributed by atoms with E-state index in [-0.39, 0.29) is 18.1 Å². The van der Waals surface area contributed by atoms with Gasteiger partial charge in [-0.25, -0.2) is 0 Å². The van der Waals surface area contributed by atoms with E-state index >= 15 is 0 Å². The number of hydrogen-bond acceptors (Lipinski definition) is 7. The van der Waals surface area contributed by atoms with Crippen molar-refractivity contribution in [3.8, 4) is 11.5 Å². The molecule has 2 atom stereocenters. The number of amides is 2. The summed E-state index contributed by atoms with van der Waals surface area (Å²) >= 11 is 1.52. The summed E-state index contributed by atoms with van der Waals surface area (Å²) in [7, 11) is 4.79. The van der Waals surface area contributed by atoms with Gasteiger partial charge in [-0.05, 0) is 43.0 Å². The fourth-order valence-electron chi connectivity index (χ4n) is 4.16. The zero-order chi connectivity index (χ0) is 24.0. The smallest absolute Gasteiger partial charge is 0.254 e. The van der Waals surface area contributed by atoms with E-state index in [1.807, 2.05) is 31.4 Å².